The average molecular weight is 281 g/mol. The molecule has 2 nitrogen and oxygen atoms in total. The molecular weight excluding hydrogens is 254 g/mol. The molecule has 2 atom stereocenters. The monoisotopic (exact) mass is 281 g/mol. The molecule has 0 spiro atoms. The van der Waals surface area contributed by atoms with E-state index >= 15 is 0 Å². The van der Waals surface area contributed by atoms with E-state index in [2.05, 4.69) is 45.1 Å². The van der Waals surface area contributed by atoms with Crippen LogP contribution in [0.4, 0.5) is 0 Å². The summed E-state index contributed by atoms with van der Waals surface area (Å²) in [6.07, 6.45) is 3.35. The third-order valence-corrected chi connectivity index (χ3v) is 4.90. The zero-order chi connectivity index (χ0) is 14.3. The topological polar surface area (TPSA) is 29.1 Å². The molecule has 0 saturated heterocycles. The maximum absolute atomic E-state index is 12.4. The molecular formula is C16H27NOS. The van der Waals surface area contributed by atoms with Gasteiger partial charge in [0.05, 0.1) is 10.8 Å². The van der Waals surface area contributed by atoms with Gasteiger partial charge in [0.25, 0.3) is 0 Å². The molecule has 0 aliphatic rings. The number of rotatable bonds is 8. The standard InChI is InChI=1S/C16H27NOS/c1-5-7-15(17-10-6-2)12-19(18)16-9-8-13(3)14(4)11-16/h8-9,11,15,17H,5-7,10,12H2,1-4H3. The van der Waals surface area contributed by atoms with Crippen LogP contribution >= 0.6 is 0 Å². The van der Waals surface area contributed by atoms with Crippen LogP contribution in [0.3, 0.4) is 0 Å². The molecule has 0 fully saturated rings. The Morgan fingerprint density at radius 2 is 1.89 bits per heavy atom. The second-order valence-corrected chi connectivity index (χ2v) is 6.69. The van der Waals surface area contributed by atoms with Gasteiger partial charge in [-0.2, -0.15) is 0 Å². The molecule has 1 N–H and O–H groups in total. The van der Waals surface area contributed by atoms with Gasteiger partial charge in [-0.05, 0) is 56.5 Å². The number of nitrogens with one attached hydrogen (secondary N) is 1. The van der Waals surface area contributed by atoms with Crippen LogP contribution in [-0.4, -0.2) is 22.5 Å². The van der Waals surface area contributed by atoms with Crippen molar-refractivity contribution < 1.29 is 4.21 Å². The van der Waals surface area contributed by atoms with Gasteiger partial charge in [-0.1, -0.05) is 26.3 Å². The first-order valence-corrected chi connectivity index (χ1v) is 8.59. The molecule has 1 aromatic rings. The van der Waals surface area contributed by atoms with Crippen LogP contribution in [0.25, 0.3) is 0 Å². The van der Waals surface area contributed by atoms with Gasteiger partial charge in [-0.15, -0.1) is 0 Å². The van der Waals surface area contributed by atoms with Crippen LogP contribution in [-0.2, 0) is 10.8 Å². The van der Waals surface area contributed by atoms with E-state index in [-0.39, 0.29) is 0 Å². The molecule has 0 aliphatic heterocycles. The molecule has 0 aromatic heterocycles. The van der Waals surface area contributed by atoms with Gasteiger partial charge in [0.2, 0.25) is 0 Å². The van der Waals surface area contributed by atoms with E-state index in [0.29, 0.717) is 6.04 Å². The highest BCUT2D eigenvalue weighted by molar-refractivity contribution is 7.85. The normalized spacial score (nSPS) is 14.3. The Morgan fingerprint density at radius 1 is 1.16 bits per heavy atom. The molecule has 1 rings (SSSR count). The Morgan fingerprint density at radius 3 is 2.47 bits per heavy atom. The largest absolute Gasteiger partial charge is 0.313 e. The van der Waals surface area contributed by atoms with Crippen molar-refractivity contribution in [3.05, 3.63) is 29.3 Å². The minimum atomic E-state index is -0.899. The molecule has 0 saturated carbocycles. The lowest BCUT2D eigenvalue weighted by Gasteiger charge is -2.17. The lowest BCUT2D eigenvalue weighted by molar-refractivity contribution is 0.510. The molecule has 1 aromatic carbocycles. The fourth-order valence-electron chi connectivity index (χ4n) is 2.08. The molecule has 3 heteroatoms. The second-order valence-electron chi connectivity index (χ2n) is 5.20. The third kappa shape index (κ3) is 5.45. The summed E-state index contributed by atoms with van der Waals surface area (Å²) in [5, 5.41) is 3.50. The fourth-order valence-corrected chi connectivity index (χ4v) is 3.45. The SMILES string of the molecule is CCCNC(CCC)CS(=O)c1ccc(C)c(C)c1. The van der Waals surface area contributed by atoms with Crippen molar-refractivity contribution in [2.45, 2.75) is 57.9 Å². The number of aryl methyl sites for hydroxylation is 2. The summed E-state index contributed by atoms with van der Waals surface area (Å²) in [6, 6.07) is 6.50. The third-order valence-electron chi connectivity index (χ3n) is 3.41. The number of benzene rings is 1. The average Bonchev–Trinajstić information content (AvgIpc) is 2.39. The lowest BCUT2D eigenvalue weighted by Crippen LogP contribution is -2.34. The van der Waals surface area contributed by atoms with Gasteiger partial charge in [0, 0.05) is 16.7 Å². The summed E-state index contributed by atoms with van der Waals surface area (Å²) in [6.45, 7) is 9.52. The maximum atomic E-state index is 12.4. The summed E-state index contributed by atoms with van der Waals surface area (Å²) in [5.74, 6) is 0.719. The highest BCUT2D eigenvalue weighted by Crippen LogP contribution is 2.15. The molecule has 0 amide bonds. The van der Waals surface area contributed by atoms with E-state index in [1.54, 1.807) is 0 Å². The van der Waals surface area contributed by atoms with Crippen molar-refractivity contribution in [3.8, 4) is 0 Å². The zero-order valence-corrected chi connectivity index (χ0v) is 13.5. The molecule has 0 bridgehead atoms. The van der Waals surface area contributed by atoms with Crippen LogP contribution in [0.1, 0.15) is 44.2 Å². The van der Waals surface area contributed by atoms with Crippen LogP contribution < -0.4 is 5.32 Å². The minimum absolute atomic E-state index is 0.368. The van der Waals surface area contributed by atoms with Crippen molar-refractivity contribution in [3.63, 3.8) is 0 Å². The summed E-state index contributed by atoms with van der Waals surface area (Å²) in [5.41, 5.74) is 2.48. The van der Waals surface area contributed by atoms with Crippen LogP contribution in [0.2, 0.25) is 0 Å². The Balaban J connectivity index is 2.66. The molecule has 19 heavy (non-hydrogen) atoms. The second kappa shape index (κ2) is 8.49. The first kappa shape index (κ1) is 16.4. The Hall–Kier alpha value is -0.670. The molecule has 2 unspecified atom stereocenters. The molecule has 108 valence electrons. The summed E-state index contributed by atoms with van der Waals surface area (Å²) in [4.78, 5) is 0.961. The quantitative estimate of drug-likeness (QED) is 0.789. The van der Waals surface area contributed by atoms with E-state index in [9.17, 15) is 4.21 Å². The Bertz CT molecular complexity index is 417. The van der Waals surface area contributed by atoms with Crippen molar-refractivity contribution in [1.29, 1.82) is 0 Å². The van der Waals surface area contributed by atoms with Gasteiger partial charge in [-0.25, -0.2) is 0 Å². The first-order valence-electron chi connectivity index (χ1n) is 7.27. The Kier molecular flexibility index (Phi) is 7.32. The van der Waals surface area contributed by atoms with Crippen LogP contribution in [0.15, 0.2) is 23.1 Å². The zero-order valence-electron chi connectivity index (χ0n) is 12.7. The van der Waals surface area contributed by atoms with Gasteiger partial charge in [-0.3, -0.25) is 4.21 Å². The van der Waals surface area contributed by atoms with Crippen molar-refractivity contribution in [1.82, 2.24) is 5.32 Å². The summed E-state index contributed by atoms with van der Waals surface area (Å²) < 4.78 is 12.4. The van der Waals surface area contributed by atoms with Crippen molar-refractivity contribution in [2.24, 2.45) is 0 Å². The van der Waals surface area contributed by atoms with E-state index in [4.69, 9.17) is 0 Å². The maximum Gasteiger partial charge on any atom is 0.0545 e. The van der Waals surface area contributed by atoms with Gasteiger partial charge in [0.15, 0.2) is 0 Å². The van der Waals surface area contributed by atoms with E-state index in [1.807, 2.05) is 6.07 Å². The van der Waals surface area contributed by atoms with Crippen molar-refractivity contribution >= 4 is 10.8 Å². The predicted molar refractivity (Wildman–Crippen MR) is 84.2 cm³/mol. The lowest BCUT2D eigenvalue weighted by atomic mass is 10.1. The first-order chi connectivity index (χ1) is 9.08. The van der Waals surface area contributed by atoms with Gasteiger partial charge < -0.3 is 5.32 Å². The van der Waals surface area contributed by atoms with E-state index in [1.165, 1.54) is 11.1 Å². The minimum Gasteiger partial charge on any atom is -0.313 e. The van der Waals surface area contributed by atoms with Crippen LogP contribution in [0, 0.1) is 13.8 Å². The van der Waals surface area contributed by atoms with E-state index in [0.717, 1.165) is 36.5 Å². The number of hydrogen-bond donors (Lipinski definition) is 1. The van der Waals surface area contributed by atoms with Gasteiger partial charge in [0.1, 0.15) is 0 Å². The molecule has 0 aliphatic carbocycles. The summed E-state index contributed by atoms with van der Waals surface area (Å²) in [7, 11) is -0.899. The van der Waals surface area contributed by atoms with Gasteiger partial charge >= 0.3 is 0 Å². The summed E-state index contributed by atoms with van der Waals surface area (Å²) >= 11 is 0. The van der Waals surface area contributed by atoms with E-state index < -0.39 is 10.8 Å². The predicted octanol–water partition coefficient (Wildman–Crippen LogP) is 3.58. The highest BCUT2D eigenvalue weighted by Gasteiger charge is 2.13. The number of hydrogen-bond acceptors (Lipinski definition) is 2. The Labute approximate surface area is 120 Å². The van der Waals surface area contributed by atoms with Crippen LogP contribution in [0.5, 0.6) is 0 Å². The fraction of sp³-hybridized carbons (Fsp3) is 0.625. The molecule has 0 heterocycles. The highest BCUT2D eigenvalue weighted by atomic mass is 32.2. The smallest absolute Gasteiger partial charge is 0.0545 e. The molecule has 0 radical (unpaired) electrons. The van der Waals surface area contributed by atoms with Crippen molar-refractivity contribution in [2.75, 3.05) is 12.3 Å².